The van der Waals surface area contributed by atoms with Gasteiger partial charge in [0.2, 0.25) is 0 Å². The summed E-state index contributed by atoms with van der Waals surface area (Å²) in [5.41, 5.74) is 0. The van der Waals surface area contributed by atoms with Crippen LogP contribution in [0, 0.1) is 5.92 Å². The van der Waals surface area contributed by atoms with E-state index in [1.54, 1.807) is 0 Å². The van der Waals surface area contributed by atoms with Crippen LogP contribution in [0.3, 0.4) is 0 Å². The molecule has 0 aliphatic heterocycles. The van der Waals surface area contributed by atoms with Gasteiger partial charge >= 0.3 is 17.9 Å². The molecule has 0 N–H and O–H groups in total. The number of unbranched alkanes of at least 4 members (excludes halogenated alkanes) is 31. The van der Waals surface area contributed by atoms with Crippen LogP contribution in [0.5, 0.6) is 0 Å². The van der Waals surface area contributed by atoms with Gasteiger partial charge in [0, 0.05) is 19.3 Å². The smallest absolute Gasteiger partial charge is 0.306 e. The van der Waals surface area contributed by atoms with Crippen molar-refractivity contribution in [2.45, 2.75) is 278 Å². The summed E-state index contributed by atoms with van der Waals surface area (Å²) in [6.07, 6.45) is 44.1. The maximum absolute atomic E-state index is 12.5. The van der Waals surface area contributed by atoms with E-state index in [4.69, 9.17) is 14.2 Å². The number of rotatable bonds is 44. The molecule has 0 fully saturated rings. The van der Waals surface area contributed by atoms with E-state index < -0.39 is 6.10 Å². The predicted octanol–water partition coefficient (Wildman–Crippen LogP) is 15.5. The van der Waals surface area contributed by atoms with Gasteiger partial charge in [0.1, 0.15) is 13.2 Å². The minimum absolute atomic E-state index is 0.0646. The summed E-state index contributed by atoms with van der Waals surface area (Å²) in [4.78, 5) is 37.5. The molecule has 55 heavy (non-hydrogen) atoms. The molecule has 0 aliphatic rings. The predicted molar refractivity (Wildman–Crippen MR) is 233 cm³/mol. The Kier molecular flexibility index (Phi) is 42.3. The molecule has 0 heterocycles. The Balaban J connectivity index is 4.06. The Morgan fingerprint density at radius 2 is 0.600 bits per heavy atom. The number of ether oxygens (including phenoxy) is 3. The van der Waals surface area contributed by atoms with Crippen molar-refractivity contribution in [2.75, 3.05) is 13.2 Å². The van der Waals surface area contributed by atoms with Crippen molar-refractivity contribution in [3.05, 3.63) is 0 Å². The lowest BCUT2D eigenvalue weighted by molar-refractivity contribution is -0.167. The summed E-state index contributed by atoms with van der Waals surface area (Å²) in [7, 11) is 0. The average Bonchev–Trinajstić information content (AvgIpc) is 3.17. The van der Waals surface area contributed by atoms with Crippen LogP contribution >= 0.6 is 0 Å². The molecule has 0 rings (SSSR count). The Labute approximate surface area is 342 Å². The first kappa shape index (κ1) is 53.4. The SMILES string of the molecule is CCCCCCCCCCCCCCCC(=O)OC[C@@H](COC(=O)CCCCCCCCCCCCCCCCCCC(C)C)OC(=O)CCCCCCC. The highest BCUT2D eigenvalue weighted by Crippen LogP contribution is 2.17. The second-order valence-corrected chi connectivity index (χ2v) is 17.2. The van der Waals surface area contributed by atoms with Crippen LogP contribution in [0.2, 0.25) is 0 Å². The van der Waals surface area contributed by atoms with Gasteiger partial charge in [-0.15, -0.1) is 0 Å². The van der Waals surface area contributed by atoms with Gasteiger partial charge in [0.25, 0.3) is 0 Å². The summed E-state index contributed by atoms with van der Waals surface area (Å²) in [6, 6.07) is 0. The highest BCUT2D eigenvalue weighted by molar-refractivity contribution is 5.71. The molecule has 0 spiro atoms. The largest absolute Gasteiger partial charge is 0.462 e. The van der Waals surface area contributed by atoms with E-state index in [9.17, 15) is 14.4 Å². The van der Waals surface area contributed by atoms with E-state index in [1.165, 1.54) is 161 Å². The molecule has 0 aromatic heterocycles. The molecule has 0 saturated heterocycles. The molecule has 0 radical (unpaired) electrons. The summed E-state index contributed by atoms with van der Waals surface area (Å²) >= 11 is 0. The van der Waals surface area contributed by atoms with Crippen LogP contribution < -0.4 is 0 Å². The van der Waals surface area contributed by atoms with Crippen LogP contribution in [0.15, 0.2) is 0 Å². The second-order valence-electron chi connectivity index (χ2n) is 17.2. The zero-order chi connectivity index (χ0) is 40.3. The zero-order valence-electron chi connectivity index (χ0n) is 37.4. The summed E-state index contributed by atoms with van der Waals surface area (Å²) in [5.74, 6) is -0.0110. The van der Waals surface area contributed by atoms with Gasteiger partial charge in [-0.1, -0.05) is 233 Å². The lowest BCUT2D eigenvalue weighted by Crippen LogP contribution is -2.30. The average molecular weight is 779 g/mol. The van der Waals surface area contributed by atoms with Crippen molar-refractivity contribution in [1.29, 1.82) is 0 Å². The van der Waals surface area contributed by atoms with E-state index in [0.717, 1.165) is 70.1 Å². The van der Waals surface area contributed by atoms with Crippen molar-refractivity contribution >= 4 is 17.9 Å². The molecular weight excluding hydrogens is 685 g/mol. The number of hydrogen-bond donors (Lipinski definition) is 0. The van der Waals surface area contributed by atoms with Crippen molar-refractivity contribution in [3.63, 3.8) is 0 Å². The lowest BCUT2D eigenvalue weighted by Gasteiger charge is -2.18. The molecular formula is C49H94O6. The van der Waals surface area contributed by atoms with E-state index in [2.05, 4.69) is 27.7 Å². The van der Waals surface area contributed by atoms with Gasteiger partial charge in [-0.25, -0.2) is 0 Å². The third-order valence-electron chi connectivity index (χ3n) is 11.0. The zero-order valence-corrected chi connectivity index (χ0v) is 37.4. The number of carbonyl (C=O) groups is 3. The van der Waals surface area contributed by atoms with E-state index in [0.29, 0.717) is 19.3 Å². The Bertz CT molecular complexity index is 826. The first-order valence-electron chi connectivity index (χ1n) is 24.4. The van der Waals surface area contributed by atoms with Crippen molar-refractivity contribution in [2.24, 2.45) is 5.92 Å². The highest BCUT2D eigenvalue weighted by Gasteiger charge is 2.19. The fraction of sp³-hybridized carbons (Fsp3) is 0.939. The third kappa shape index (κ3) is 43.4. The molecule has 1 atom stereocenters. The highest BCUT2D eigenvalue weighted by atomic mass is 16.6. The second kappa shape index (κ2) is 43.5. The molecule has 0 aromatic rings. The van der Waals surface area contributed by atoms with Crippen molar-refractivity contribution in [1.82, 2.24) is 0 Å². The normalized spacial score (nSPS) is 11.9. The fourth-order valence-electron chi connectivity index (χ4n) is 7.33. The van der Waals surface area contributed by atoms with Crippen LogP contribution in [-0.4, -0.2) is 37.2 Å². The summed E-state index contributed by atoms with van der Waals surface area (Å²) in [6.45, 7) is 8.95. The first-order chi connectivity index (χ1) is 26.9. The lowest BCUT2D eigenvalue weighted by atomic mass is 10.0. The van der Waals surface area contributed by atoms with Crippen LogP contribution in [0.1, 0.15) is 272 Å². The molecule has 6 heteroatoms. The monoisotopic (exact) mass is 779 g/mol. The molecule has 0 aromatic carbocycles. The molecule has 6 nitrogen and oxygen atoms in total. The Morgan fingerprint density at radius 3 is 0.891 bits per heavy atom. The maximum Gasteiger partial charge on any atom is 0.306 e. The third-order valence-corrected chi connectivity index (χ3v) is 11.0. The molecule has 0 unspecified atom stereocenters. The van der Waals surface area contributed by atoms with Gasteiger partial charge < -0.3 is 14.2 Å². The van der Waals surface area contributed by atoms with Crippen LogP contribution in [0.25, 0.3) is 0 Å². The van der Waals surface area contributed by atoms with Gasteiger partial charge in [-0.2, -0.15) is 0 Å². The number of esters is 3. The van der Waals surface area contributed by atoms with E-state index in [1.807, 2.05) is 0 Å². The first-order valence-corrected chi connectivity index (χ1v) is 24.4. The van der Waals surface area contributed by atoms with Crippen LogP contribution in [0.4, 0.5) is 0 Å². The quantitative estimate of drug-likeness (QED) is 0.0348. The minimum Gasteiger partial charge on any atom is -0.462 e. The molecule has 0 bridgehead atoms. The van der Waals surface area contributed by atoms with Gasteiger partial charge in [-0.3, -0.25) is 14.4 Å². The van der Waals surface area contributed by atoms with E-state index >= 15 is 0 Å². The summed E-state index contributed by atoms with van der Waals surface area (Å²) in [5, 5.41) is 0. The Hall–Kier alpha value is -1.59. The molecule has 0 saturated carbocycles. The van der Waals surface area contributed by atoms with Crippen LogP contribution in [-0.2, 0) is 28.6 Å². The Morgan fingerprint density at radius 1 is 0.345 bits per heavy atom. The van der Waals surface area contributed by atoms with Crippen molar-refractivity contribution in [3.8, 4) is 0 Å². The van der Waals surface area contributed by atoms with Gasteiger partial charge in [0.05, 0.1) is 0 Å². The van der Waals surface area contributed by atoms with Gasteiger partial charge in [0.15, 0.2) is 6.10 Å². The van der Waals surface area contributed by atoms with E-state index in [-0.39, 0.29) is 31.1 Å². The number of hydrogen-bond acceptors (Lipinski definition) is 6. The fourth-order valence-corrected chi connectivity index (χ4v) is 7.33. The molecule has 0 aliphatic carbocycles. The maximum atomic E-state index is 12.5. The molecule has 0 amide bonds. The standard InChI is InChI=1S/C49H94O6/c1-5-7-9-11-12-13-14-19-23-26-29-33-36-40-47(50)53-43-46(55-49(52)42-38-31-10-8-6-2)44-54-48(51)41-37-34-30-27-24-21-18-16-15-17-20-22-25-28-32-35-39-45(3)4/h45-46H,5-44H2,1-4H3/t46-/m0/s1. The van der Waals surface area contributed by atoms with Crippen molar-refractivity contribution < 1.29 is 28.6 Å². The summed E-state index contributed by atoms with van der Waals surface area (Å²) < 4.78 is 16.6. The molecule has 326 valence electrons. The number of carbonyl (C=O) groups excluding carboxylic acids is 3. The topological polar surface area (TPSA) is 78.9 Å². The van der Waals surface area contributed by atoms with Gasteiger partial charge in [-0.05, 0) is 25.2 Å². The minimum atomic E-state index is -0.757.